The topological polar surface area (TPSA) is 25.2 Å². The Kier molecular flexibility index (Phi) is 1.50. The van der Waals surface area contributed by atoms with E-state index in [1.165, 1.54) is 6.42 Å². The molecule has 60 valence electrons. The molecule has 1 aliphatic carbocycles. The minimum absolute atomic E-state index is 0.0590. The molecule has 1 aromatic heterocycles. The summed E-state index contributed by atoms with van der Waals surface area (Å²) in [6.45, 7) is 0.279. The van der Waals surface area contributed by atoms with Crippen LogP contribution in [-0.2, 0) is 5.54 Å². The Morgan fingerprint density at radius 3 is 2.27 bits per heavy atom. The van der Waals surface area contributed by atoms with E-state index in [-0.39, 0.29) is 12.1 Å². The molecule has 1 heterocycles. The third kappa shape index (κ3) is 0.897. The van der Waals surface area contributed by atoms with Crippen molar-refractivity contribution < 1.29 is 5.11 Å². The van der Waals surface area contributed by atoms with E-state index in [4.69, 9.17) is 0 Å². The fourth-order valence-electron chi connectivity index (χ4n) is 1.73. The van der Waals surface area contributed by atoms with Gasteiger partial charge in [0.2, 0.25) is 0 Å². The molecular formula is C9H13NO. The van der Waals surface area contributed by atoms with Crippen molar-refractivity contribution in [2.24, 2.45) is 0 Å². The molecule has 1 N–H and O–H groups in total. The third-order valence-corrected chi connectivity index (χ3v) is 2.73. The number of rotatable bonds is 2. The lowest BCUT2D eigenvalue weighted by Crippen LogP contribution is -2.43. The van der Waals surface area contributed by atoms with E-state index < -0.39 is 0 Å². The third-order valence-electron chi connectivity index (χ3n) is 2.73. The molecule has 0 spiro atoms. The second-order valence-electron chi connectivity index (χ2n) is 3.33. The van der Waals surface area contributed by atoms with Crippen molar-refractivity contribution in [1.29, 1.82) is 0 Å². The molecule has 0 atom stereocenters. The lowest BCUT2D eigenvalue weighted by Gasteiger charge is -2.41. The minimum Gasteiger partial charge on any atom is -0.394 e. The zero-order chi connectivity index (χ0) is 7.73. The van der Waals surface area contributed by atoms with Crippen molar-refractivity contribution in [3.63, 3.8) is 0 Å². The van der Waals surface area contributed by atoms with Crippen molar-refractivity contribution in [1.82, 2.24) is 4.57 Å². The highest BCUT2D eigenvalue weighted by Crippen LogP contribution is 2.38. The van der Waals surface area contributed by atoms with Crippen LogP contribution in [0.1, 0.15) is 19.3 Å². The maximum absolute atomic E-state index is 9.19. The predicted octanol–water partition coefficient (Wildman–Crippen LogP) is 1.36. The Balaban J connectivity index is 2.25. The van der Waals surface area contributed by atoms with Crippen LogP contribution in [0.3, 0.4) is 0 Å². The molecule has 2 rings (SSSR count). The summed E-state index contributed by atoms with van der Waals surface area (Å²) in [6, 6.07) is 4.02. The second-order valence-corrected chi connectivity index (χ2v) is 3.33. The molecule has 1 aliphatic rings. The second kappa shape index (κ2) is 2.38. The Labute approximate surface area is 66.5 Å². The molecule has 0 bridgehead atoms. The normalized spacial score (nSPS) is 21.2. The lowest BCUT2D eigenvalue weighted by molar-refractivity contribution is 0.0556. The van der Waals surface area contributed by atoms with E-state index in [2.05, 4.69) is 4.57 Å². The highest BCUT2D eigenvalue weighted by Gasteiger charge is 2.37. The lowest BCUT2D eigenvalue weighted by atomic mass is 9.77. The van der Waals surface area contributed by atoms with Gasteiger partial charge in [-0.15, -0.1) is 0 Å². The number of hydrogen-bond donors (Lipinski definition) is 1. The van der Waals surface area contributed by atoms with Gasteiger partial charge in [0.15, 0.2) is 0 Å². The summed E-state index contributed by atoms with van der Waals surface area (Å²) in [5.74, 6) is 0. The standard InChI is InChI=1S/C9H13NO/c11-8-9(4-3-5-9)10-6-1-2-7-10/h1-2,6-7,11H,3-5,8H2. The highest BCUT2D eigenvalue weighted by atomic mass is 16.3. The van der Waals surface area contributed by atoms with Gasteiger partial charge in [0.05, 0.1) is 12.1 Å². The first-order chi connectivity index (χ1) is 5.37. The Hall–Kier alpha value is -0.760. The van der Waals surface area contributed by atoms with Gasteiger partial charge in [-0.2, -0.15) is 0 Å². The molecule has 0 aliphatic heterocycles. The zero-order valence-electron chi connectivity index (χ0n) is 6.53. The monoisotopic (exact) mass is 151 g/mol. The molecule has 0 unspecified atom stereocenters. The van der Waals surface area contributed by atoms with Crippen molar-refractivity contribution in [2.45, 2.75) is 24.8 Å². The fraction of sp³-hybridized carbons (Fsp3) is 0.556. The molecule has 0 amide bonds. The summed E-state index contributed by atoms with van der Waals surface area (Å²) in [6.07, 6.45) is 7.57. The molecule has 2 nitrogen and oxygen atoms in total. The number of aliphatic hydroxyl groups excluding tert-OH is 1. The van der Waals surface area contributed by atoms with E-state index in [9.17, 15) is 5.11 Å². The average Bonchev–Trinajstić information content (AvgIpc) is 2.39. The maximum atomic E-state index is 9.19. The van der Waals surface area contributed by atoms with Crippen LogP contribution >= 0.6 is 0 Å². The molecule has 11 heavy (non-hydrogen) atoms. The van der Waals surface area contributed by atoms with E-state index in [1.54, 1.807) is 0 Å². The molecule has 0 aromatic carbocycles. The Bertz CT molecular complexity index is 218. The van der Waals surface area contributed by atoms with Gasteiger partial charge in [-0.05, 0) is 31.4 Å². The summed E-state index contributed by atoms with van der Waals surface area (Å²) < 4.78 is 2.14. The van der Waals surface area contributed by atoms with Crippen LogP contribution in [0.2, 0.25) is 0 Å². The summed E-state index contributed by atoms with van der Waals surface area (Å²) in [5.41, 5.74) is 0.0590. The van der Waals surface area contributed by atoms with Crippen LogP contribution < -0.4 is 0 Å². The van der Waals surface area contributed by atoms with Crippen LogP contribution in [0.15, 0.2) is 24.5 Å². The summed E-state index contributed by atoms with van der Waals surface area (Å²) in [5, 5.41) is 9.19. The van der Waals surface area contributed by atoms with Crippen LogP contribution in [0.4, 0.5) is 0 Å². The van der Waals surface area contributed by atoms with Gasteiger partial charge < -0.3 is 9.67 Å². The van der Waals surface area contributed by atoms with Gasteiger partial charge in [0, 0.05) is 12.4 Å². The first kappa shape index (κ1) is 6.92. The van der Waals surface area contributed by atoms with Crippen molar-refractivity contribution in [3.05, 3.63) is 24.5 Å². The number of aromatic nitrogens is 1. The van der Waals surface area contributed by atoms with Crippen LogP contribution in [0.25, 0.3) is 0 Å². The van der Waals surface area contributed by atoms with Gasteiger partial charge in [0.1, 0.15) is 0 Å². The molecule has 1 fully saturated rings. The van der Waals surface area contributed by atoms with E-state index in [0.717, 1.165) is 12.8 Å². The largest absolute Gasteiger partial charge is 0.394 e. The van der Waals surface area contributed by atoms with Crippen molar-refractivity contribution >= 4 is 0 Å². The SMILES string of the molecule is OCC1(n2cccc2)CCC1. The molecule has 0 radical (unpaired) electrons. The smallest absolute Gasteiger partial charge is 0.0670 e. The fourth-order valence-corrected chi connectivity index (χ4v) is 1.73. The van der Waals surface area contributed by atoms with Gasteiger partial charge in [0.25, 0.3) is 0 Å². The summed E-state index contributed by atoms with van der Waals surface area (Å²) in [7, 11) is 0. The molecular weight excluding hydrogens is 138 g/mol. The average molecular weight is 151 g/mol. The van der Waals surface area contributed by atoms with Gasteiger partial charge in [-0.1, -0.05) is 0 Å². The number of nitrogens with zero attached hydrogens (tertiary/aromatic N) is 1. The summed E-state index contributed by atoms with van der Waals surface area (Å²) >= 11 is 0. The molecule has 0 saturated heterocycles. The molecule has 1 saturated carbocycles. The first-order valence-corrected chi connectivity index (χ1v) is 4.12. The van der Waals surface area contributed by atoms with Crippen LogP contribution in [-0.4, -0.2) is 16.3 Å². The van der Waals surface area contributed by atoms with Gasteiger partial charge in [-0.25, -0.2) is 0 Å². The highest BCUT2D eigenvalue weighted by molar-refractivity contribution is 5.02. The Morgan fingerprint density at radius 2 is 1.91 bits per heavy atom. The Morgan fingerprint density at radius 1 is 1.27 bits per heavy atom. The molecule has 2 heteroatoms. The quantitative estimate of drug-likeness (QED) is 0.678. The van der Waals surface area contributed by atoms with E-state index >= 15 is 0 Å². The van der Waals surface area contributed by atoms with Crippen molar-refractivity contribution in [3.8, 4) is 0 Å². The van der Waals surface area contributed by atoms with Gasteiger partial charge >= 0.3 is 0 Å². The molecule has 1 aromatic rings. The van der Waals surface area contributed by atoms with Crippen molar-refractivity contribution in [2.75, 3.05) is 6.61 Å². The maximum Gasteiger partial charge on any atom is 0.0670 e. The predicted molar refractivity (Wildman–Crippen MR) is 43.3 cm³/mol. The van der Waals surface area contributed by atoms with E-state index in [0.29, 0.717) is 0 Å². The minimum atomic E-state index is 0.0590. The number of aliphatic hydroxyl groups is 1. The van der Waals surface area contributed by atoms with Crippen LogP contribution in [0.5, 0.6) is 0 Å². The number of hydrogen-bond acceptors (Lipinski definition) is 1. The van der Waals surface area contributed by atoms with Gasteiger partial charge in [-0.3, -0.25) is 0 Å². The first-order valence-electron chi connectivity index (χ1n) is 4.12. The zero-order valence-corrected chi connectivity index (χ0v) is 6.53. The van der Waals surface area contributed by atoms with Crippen LogP contribution in [0, 0.1) is 0 Å². The van der Waals surface area contributed by atoms with E-state index in [1.807, 2.05) is 24.5 Å². The summed E-state index contributed by atoms with van der Waals surface area (Å²) in [4.78, 5) is 0.